The lowest BCUT2D eigenvalue weighted by Gasteiger charge is -2.56. The van der Waals surface area contributed by atoms with Crippen LogP contribution in [0.15, 0.2) is 60.7 Å². The molecule has 2 aliphatic heterocycles. The van der Waals surface area contributed by atoms with E-state index in [2.05, 4.69) is 10.6 Å². The van der Waals surface area contributed by atoms with Crippen molar-refractivity contribution in [3.8, 4) is 0 Å². The van der Waals surface area contributed by atoms with E-state index < -0.39 is 33.1 Å². The first-order chi connectivity index (χ1) is 18.3. The first-order valence-electron chi connectivity index (χ1n) is 12.6. The Kier molecular flexibility index (Phi) is 7.32. The molecule has 2 amide bonds. The van der Waals surface area contributed by atoms with Gasteiger partial charge in [-0.2, -0.15) is 0 Å². The van der Waals surface area contributed by atoms with Crippen LogP contribution in [0.2, 0.25) is 0 Å². The van der Waals surface area contributed by atoms with Crippen LogP contribution in [0.1, 0.15) is 46.4 Å². The minimum atomic E-state index is -1.78. The maximum absolute atomic E-state index is 13.9. The van der Waals surface area contributed by atoms with Crippen molar-refractivity contribution < 1.29 is 29.0 Å². The standard InChI is InChI=1S/C28H30N2O6S2/c1-36-22(31)13-8-14-26-15-20-23(32)27(17-37-20,30-25(34)19-11-6-3-7-12-19)28(26,35)21(16-38-26)29-24(33)18-9-4-2-5-10-18/h2-7,9-12,20-21,35H,8,13-17H2,1H3,(H,29,33)(H,30,34)/t20-,21-,26+,27-,28-/m1/s1. The number of thioether (sulfide) groups is 2. The van der Waals surface area contributed by atoms with Gasteiger partial charge in [-0.15, -0.1) is 23.5 Å². The Morgan fingerprint density at radius 3 is 2.29 bits per heavy atom. The summed E-state index contributed by atoms with van der Waals surface area (Å²) in [5, 5.41) is 18.4. The number of ether oxygens (including phenoxy) is 1. The minimum absolute atomic E-state index is 0.172. The van der Waals surface area contributed by atoms with Gasteiger partial charge in [-0.3, -0.25) is 19.2 Å². The van der Waals surface area contributed by atoms with Gasteiger partial charge in [0.25, 0.3) is 11.8 Å². The zero-order valence-electron chi connectivity index (χ0n) is 21.0. The van der Waals surface area contributed by atoms with Gasteiger partial charge in [0.15, 0.2) is 5.78 Å². The third-order valence-corrected chi connectivity index (χ3v) is 11.1. The van der Waals surface area contributed by atoms with E-state index in [0.717, 1.165) is 0 Å². The molecule has 2 aromatic carbocycles. The predicted molar refractivity (Wildman–Crippen MR) is 146 cm³/mol. The van der Waals surface area contributed by atoms with Crippen LogP contribution in [0.4, 0.5) is 0 Å². The number of nitrogens with one attached hydrogen (secondary N) is 2. The van der Waals surface area contributed by atoms with Gasteiger partial charge in [0.1, 0.15) is 11.1 Å². The lowest BCUT2D eigenvalue weighted by atomic mass is 9.59. The number of hydrogen-bond donors (Lipinski definition) is 3. The summed E-state index contributed by atoms with van der Waals surface area (Å²) in [5.41, 5.74) is -2.57. The largest absolute Gasteiger partial charge is 0.469 e. The molecule has 200 valence electrons. The van der Waals surface area contributed by atoms with Crippen LogP contribution in [-0.2, 0) is 14.3 Å². The fourth-order valence-electron chi connectivity index (χ4n) is 6.10. The number of methoxy groups -OCH3 is 1. The normalized spacial score (nSPS) is 31.4. The number of esters is 1. The Bertz CT molecular complexity index is 1240. The van der Waals surface area contributed by atoms with Gasteiger partial charge in [-0.1, -0.05) is 36.4 Å². The maximum atomic E-state index is 13.9. The van der Waals surface area contributed by atoms with Crippen LogP contribution in [0.5, 0.6) is 0 Å². The summed E-state index contributed by atoms with van der Waals surface area (Å²) < 4.78 is 3.95. The highest BCUT2D eigenvalue weighted by atomic mass is 32.2. The topological polar surface area (TPSA) is 122 Å². The molecular weight excluding hydrogens is 524 g/mol. The van der Waals surface area contributed by atoms with Crippen molar-refractivity contribution in [2.75, 3.05) is 18.6 Å². The second-order valence-electron chi connectivity index (χ2n) is 9.99. The van der Waals surface area contributed by atoms with Gasteiger partial charge in [0.05, 0.1) is 23.1 Å². The Morgan fingerprint density at radius 1 is 1.03 bits per heavy atom. The number of aliphatic hydroxyl groups is 1. The van der Waals surface area contributed by atoms with Crippen LogP contribution in [-0.4, -0.2) is 74.5 Å². The second kappa shape index (κ2) is 10.4. The molecule has 1 aliphatic carbocycles. The first kappa shape index (κ1) is 26.8. The van der Waals surface area contributed by atoms with E-state index in [0.29, 0.717) is 36.1 Å². The maximum Gasteiger partial charge on any atom is 0.305 e. The number of hydrogen-bond acceptors (Lipinski definition) is 8. The van der Waals surface area contributed by atoms with Crippen LogP contribution in [0.25, 0.3) is 0 Å². The molecule has 38 heavy (non-hydrogen) atoms. The number of carbonyl (C=O) groups is 4. The molecule has 3 N–H and O–H groups in total. The molecule has 3 aliphatic rings. The van der Waals surface area contributed by atoms with Crippen LogP contribution >= 0.6 is 23.5 Å². The molecule has 5 atom stereocenters. The van der Waals surface area contributed by atoms with Crippen molar-refractivity contribution in [3.63, 3.8) is 0 Å². The molecule has 0 unspecified atom stereocenters. The third-order valence-electron chi connectivity index (χ3n) is 8.00. The number of benzene rings is 2. The fourth-order valence-corrected chi connectivity index (χ4v) is 9.76. The van der Waals surface area contributed by atoms with Crippen LogP contribution in [0.3, 0.4) is 0 Å². The summed E-state index contributed by atoms with van der Waals surface area (Å²) in [4.78, 5) is 52.4. The summed E-state index contributed by atoms with van der Waals surface area (Å²) >= 11 is 2.95. The lowest BCUT2D eigenvalue weighted by Crippen LogP contribution is -2.82. The summed E-state index contributed by atoms with van der Waals surface area (Å²) in [6, 6.07) is 16.5. The van der Waals surface area contributed by atoms with E-state index in [4.69, 9.17) is 4.74 Å². The molecule has 2 heterocycles. The molecule has 0 aromatic heterocycles. The number of rotatable bonds is 8. The van der Waals surface area contributed by atoms with E-state index in [-0.39, 0.29) is 29.8 Å². The van der Waals surface area contributed by atoms with Gasteiger partial charge in [-0.25, -0.2) is 0 Å². The lowest BCUT2D eigenvalue weighted by molar-refractivity contribution is -0.150. The molecule has 2 aromatic rings. The smallest absolute Gasteiger partial charge is 0.305 e. The number of amides is 2. The van der Waals surface area contributed by atoms with E-state index in [9.17, 15) is 24.3 Å². The van der Waals surface area contributed by atoms with E-state index in [1.165, 1.54) is 30.6 Å². The molecular formula is C28H30N2O6S2. The Hall–Kier alpha value is -2.82. The Morgan fingerprint density at radius 2 is 1.66 bits per heavy atom. The quantitative estimate of drug-likeness (QED) is 0.426. The van der Waals surface area contributed by atoms with Gasteiger partial charge in [0.2, 0.25) is 0 Å². The highest BCUT2D eigenvalue weighted by molar-refractivity contribution is 8.02. The molecule has 2 saturated heterocycles. The van der Waals surface area contributed by atoms with Crippen molar-refractivity contribution in [1.29, 1.82) is 0 Å². The van der Waals surface area contributed by atoms with E-state index in [1.807, 2.05) is 6.07 Å². The van der Waals surface area contributed by atoms with Crippen molar-refractivity contribution in [1.82, 2.24) is 10.6 Å². The van der Waals surface area contributed by atoms with Gasteiger partial charge < -0.3 is 20.5 Å². The zero-order valence-corrected chi connectivity index (χ0v) is 22.6. The third kappa shape index (κ3) is 4.23. The highest BCUT2D eigenvalue weighted by Gasteiger charge is 2.78. The zero-order chi connectivity index (χ0) is 27.0. The van der Waals surface area contributed by atoms with Gasteiger partial charge >= 0.3 is 5.97 Å². The highest BCUT2D eigenvalue weighted by Crippen LogP contribution is 2.64. The molecule has 5 rings (SSSR count). The second-order valence-corrected chi connectivity index (χ2v) is 12.6. The average Bonchev–Trinajstić information content (AvgIpc) is 3.36. The van der Waals surface area contributed by atoms with E-state index in [1.54, 1.807) is 54.6 Å². The average molecular weight is 555 g/mol. The Labute approximate surface area is 229 Å². The van der Waals surface area contributed by atoms with Crippen molar-refractivity contribution in [2.24, 2.45) is 0 Å². The number of Topliss-reactive ketones (excluding diaryl/α,β-unsaturated/α-hetero) is 1. The number of fused-ring (bicyclic) bond motifs is 4. The fraction of sp³-hybridized carbons (Fsp3) is 0.429. The van der Waals surface area contributed by atoms with Gasteiger partial charge in [0, 0.05) is 29.1 Å². The van der Waals surface area contributed by atoms with Gasteiger partial charge in [-0.05, 0) is 43.5 Å². The number of ketones is 1. The molecule has 0 spiro atoms. The molecule has 10 heteroatoms. The van der Waals surface area contributed by atoms with Crippen molar-refractivity contribution >= 4 is 47.1 Å². The molecule has 8 nitrogen and oxygen atoms in total. The van der Waals surface area contributed by atoms with Crippen LogP contribution < -0.4 is 10.6 Å². The minimum Gasteiger partial charge on any atom is -0.469 e. The number of carbonyl (C=O) groups excluding carboxylic acids is 4. The molecule has 3 fully saturated rings. The summed E-state index contributed by atoms with van der Waals surface area (Å²) in [5.74, 6) is -0.829. The van der Waals surface area contributed by atoms with Crippen LogP contribution in [0, 0.1) is 0 Å². The summed E-state index contributed by atoms with van der Waals surface area (Å²) in [7, 11) is 1.33. The van der Waals surface area contributed by atoms with Crippen molar-refractivity contribution in [3.05, 3.63) is 71.8 Å². The SMILES string of the molecule is COC(=O)CCC[C@]12C[C@H]3SC[C@@](NC(=O)c4ccccc4)(C3=O)[C@@]1(O)[C@H](NC(=O)c1ccccc1)CS2. The summed E-state index contributed by atoms with van der Waals surface area (Å²) in [6.07, 6.45) is 1.43. The molecule has 0 radical (unpaired) electrons. The molecule has 2 bridgehead atoms. The molecule has 1 saturated carbocycles. The first-order valence-corrected chi connectivity index (χ1v) is 14.6. The predicted octanol–water partition coefficient (Wildman–Crippen LogP) is 2.60. The monoisotopic (exact) mass is 554 g/mol. The summed E-state index contributed by atoms with van der Waals surface area (Å²) in [6.45, 7) is 0. The Balaban J connectivity index is 1.54. The van der Waals surface area contributed by atoms with E-state index >= 15 is 0 Å². The van der Waals surface area contributed by atoms with Crippen molar-refractivity contribution in [2.45, 2.75) is 52.9 Å².